The Kier molecular flexibility index (Phi) is 5.02. The van der Waals surface area contributed by atoms with Gasteiger partial charge in [-0.05, 0) is 43.5 Å². The van der Waals surface area contributed by atoms with Crippen molar-refractivity contribution in [3.63, 3.8) is 0 Å². The van der Waals surface area contributed by atoms with E-state index in [1.54, 1.807) is 54.3 Å². The number of fused-ring (bicyclic) bond motifs is 1. The van der Waals surface area contributed by atoms with Gasteiger partial charge in [0.1, 0.15) is 28.7 Å². The van der Waals surface area contributed by atoms with E-state index in [4.69, 9.17) is 0 Å². The highest BCUT2D eigenvalue weighted by Gasteiger charge is 2.23. The summed E-state index contributed by atoms with van der Waals surface area (Å²) in [7, 11) is 1.75. The van der Waals surface area contributed by atoms with Gasteiger partial charge < -0.3 is 16.0 Å². The molecule has 0 aromatic carbocycles. The third-order valence-electron chi connectivity index (χ3n) is 5.52. The molecule has 10 nitrogen and oxygen atoms in total. The lowest BCUT2D eigenvalue weighted by molar-refractivity contribution is 0.0918. The minimum Gasteiger partial charge on any atom is -0.373 e. The first-order valence-corrected chi connectivity index (χ1v) is 10.4. The van der Waals surface area contributed by atoms with Crippen LogP contribution in [0.15, 0.2) is 59.8 Å². The molecule has 0 bridgehead atoms. The number of nitrogens with zero attached hydrogens (tertiary/aromatic N) is 5. The van der Waals surface area contributed by atoms with Gasteiger partial charge in [-0.3, -0.25) is 14.2 Å². The Morgan fingerprint density at radius 2 is 2.06 bits per heavy atom. The summed E-state index contributed by atoms with van der Waals surface area (Å²) in [6, 6.07) is 10.7. The van der Waals surface area contributed by atoms with Crippen molar-refractivity contribution in [2.45, 2.75) is 25.3 Å². The van der Waals surface area contributed by atoms with Gasteiger partial charge in [0.25, 0.3) is 11.5 Å². The van der Waals surface area contributed by atoms with Crippen LogP contribution in [0.2, 0.25) is 0 Å². The lowest BCUT2D eigenvalue weighted by atomic mass is 9.93. The SMILES string of the molecule is CNc1cc(Nc2cccn(-c3ccccn3)c2=O)nc2c(C(=O)NC3CCC3)cnn12. The normalized spacial score (nSPS) is 13.5. The quantitative estimate of drug-likeness (QED) is 0.430. The summed E-state index contributed by atoms with van der Waals surface area (Å²) in [6.45, 7) is 0. The predicted octanol–water partition coefficient (Wildman–Crippen LogP) is 2.34. The fourth-order valence-electron chi connectivity index (χ4n) is 3.58. The zero-order valence-electron chi connectivity index (χ0n) is 17.4. The maximum atomic E-state index is 13.0. The number of nitrogens with one attached hydrogen (secondary N) is 3. The van der Waals surface area contributed by atoms with Crippen LogP contribution < -0.4 is 21.5 Å². The van der Waals surface area contributed by atoms with Crippen molar-refractivity contribution >= 4 is 28.9 Å². The Morgan fingerprint density at radius 3 is 2.78 bits per heavy atom. The highest BCUT2D eigenvalue weighted by Crippen LogP contribution is 2.22. The number of pyridine rings is 2. The molecule has 3 N–H and O–H groups in total. The summed E-state index contributed by atoms with van der Waals surface area (Å²) in [5.74, 6) is 1.36. The molecule has 0 aliphatic heterocycles. The van der Waals surface area contributed by atoms with Crippen LogP contribution in [0.3, 0.4) is 0 Å². The average Bonchev–Trinajstić information content (AvgIpc) is 3.22. The molecule has 1 aliphatic rings. The number of hydrogen-bond acceptors (Lipinski definition) is 7. The molecule has 5 rings (SSSR count). The Hall–Kier alpha value is -4.21. The van der Waals surface area contributed by atoms with Crippen LogP contribution in [0.4, 0.5) is 17.3 Å². The topological polar surface area (TPSA) is 118 Å². The molecular formula is C22H22N8O2. The Labute approximate surface area is 183 Å². The molecular weight excluding hydrogens is 408 g/mol. The summed E-state index contributed by atoms with van der Waals surface area (Å²) in [6.07, 6.45) is 7.91. The van der Waals surface area contributed by atoms with Gasteiger partial charge in [0.15, 0.2) is 5.65 Å². The number of amides is 1. The summed E-state index contributed by atoms with van der Waals surface area (Å²) >= 11 is 0. The first-order chi connectivity index (χ1) is 15.6. The second kappa shape index (κ2) is 8.14. The molecule has 162 valence electrons. The lowest BCUT2D eigenvalue weighted by Crippen LogP contribution is -2.39. The van der Waals surface area contributed by atoms with Crippen molar-refractivity contribution in [3.8, 4) is 5.82 Å². The molecule has 32 heavy (non-hydrogen) atoms. The Balaban J connectivity index is 1.51. The zero-order valence-corrected chi connectivity index (χ0v) is 17.4. The number of carbonyl (C=O) groups excluding carboxylic acids is 1. The summed E-state index contributed by atoms with van der Waals surface area (Å²) in [5.41, 5.74) is 0.848. The maximum absolute atomic E-state index is 13.0. The average molecular weight is 430 g/mol. The zero-order chi connectivity index (χ0) is 22.1. The van der Waals surface area contributed by atoms with E-state index < -0.39 is 0 Å². The van der Waals surface area contributed by atoms with Crippen LogP contribution >= 0.6 is 0 Å². The number of carbonyl (C=O) groups is 1. The van der Waals surface area contributed by atoms with E-state index in [2.05, 4.69) is 31.0 Å². The molecule has 1 saturated carbocycles. The van der Waals surface area contributed by atoms with E-state index in [-0.39, 0.29) is 17.5 Å². The molecule has 4 aromatic rings. The first kappa shape index (κ1) is 19.7. The van der Waals surface area contributed by atoms with Crippen LogP contribution in [0.1, 0.15) is 29.6 Å². The van der Waals surface area contributed by atoms with Crippen molar-refractivity contribution in [1.82, 2.24) is 29.5 Å². The van der Waals surface area contributed by atoms with Crippen molar-refractivity contribution in [2.75, 3.05) is 17.7 Å². The Morgan fingerprint density at radius 1 is 1.19 bits per heavy atom. The largest absolute Gasteiger partial charge is 0.373 e. The molecule has 0 atom stereocenters. The first-order valence-electron chi connectivity index (χ1n) is 10.4. The van der Waals surface area contributed by atoms with E-state index in [9.17, 15) is 9.59 Å². The van der Waals surface area contributed by atoms with Crippen molar-refractivity contribution in [2.24, 2.45) is 0 Å². The van der Waals surface area contributed by atoms with Crippen LogP contribution in [0.25, 0.3) is 11.5 Å². The number of anilines is 3. The van der Waals surface area contributed by atoms with E-state index in [0.717, 1.165) is 19.3 Å². The van der Waals surface area contributed by atoms with Gasteiger partial charge >= 0.3 is 0 Å². The standard InChI is InChI=1S/C22H22N8O2/c1-23-19-12-17(27-16-8-5-11-29(22(16)32)18-9-2-3-10-24-18)28-20-15(13-25-30(19)20)21(31)26-14-6-4-7-14/h2-3,5,8-14,23H,4,6-7H2,1H3,(H,26,31)(H,27,28). The lowest BCUT2D eigenvalue weighted by Gasteiger charge is -2.26. The van der Waals surface area contributed by atoms with Gasteiger partial charge in [-0.1, -0.05) is 6.07 Å². The highest BCUT2D eigenvalue weighted by molar-refractivity contribution is 6.00. The van der Waals surface area contributed by atoms with Gasteiger partial charge in [0.05, 0.1) is 6.20 Å². The van der Waals surface area contributed by atoms with Crippen LogP contribution in [0.5, 0.6) is 0 Å². The van der Waals surface area contributed by atoms with Gasteiger partial charge in [0.2, 0.25) is 0 Å². The summed E-state index contributed by atoms with van der Waals surface area (Å²) < 4.78 is 3.02. The molecule has 1 fully saturated rings. The summed E-state index contributed by atoms with van der Waals surface area (Å²) in [5, 5.41) is 13.5. The molecule has 4 aromatic heterocycles. The maximum Gasteiger partial charge on any atom is 0.279 e. The molecule has 1 amide bonds. The van der Waals surface area contributed by atoms with Gasteiger partial charge in [-0.25, -0.2) is 9.97 Å². The minimum absolute atomic E-state index is 0.200. The van der Waals surface area contributed by atoms with Crippen molar-refractivity contribution in [1.29, 1.82) is 0 Å². The van der Waals surface area contributed by atoms with Crippen LogP contribution in [0, 0.1) is 0 Å². The van der Waals surface area contributed by atoms with E-state index in [1.165, 1.54) is 10.8 Å². The number of aromatic nitrogens is 5. The molecule has 0 saturated heterocycles. The van der Waals surface area contributed by atoms with Crippen LogP contribution in [-0.4, -0.2) is 43.1 Å². The van der Waals surface area contributed by atoms with Gasteiger partial charge in [0, 0.05) is 31.5 Å². The minimum atomic E-state index is -0.268. The molecule has 0 unspecified atom stereocenters. The smallest absolute Gasteiger partial charge is 0.279 e. The second-order valence-electron chi connectivity index (χ2n) is 7.58. The summed E-state index contributed by atoms with van der Waals surface area (Å²) in [4.78, 5) is 34.6. The Bertz CT molecular complexity index is 1340. The van der Waals surface area contributed by atoms with Gasteiger partial charge in [-0.2, -0.15) is 9.61 Å². The second-order valence-corrected chi connectivity index (χ2v) is 7.58. The monoisotopic (exact) mass is 430 g/mol. The van der Waals surface area contributed by atoms with Crippen molar-refractivity contribution in [3.05, 3.63) is 70.9 Å². The van der Waals surface area contributed by atoms with E-state index in [1.807, 2.05) is 6.07 Å². The molecule has 10 heteroatoms. The van der Waals surface area contributed by atoms with Crippen LogP contribution in [-0.2, 0) is 0 Å². The third kappa shape index (κ3) is 3.55. The molecule has 1 aliphatic carbocycles. The van der Waals surface area contributed by atoms with E-state index >= 15 is 0 Å². The van der Waals surface area contributed by atoms with Crippen molar-refractivity contribution < 1.29 is 4.79 Å². The van der Waals surface area contributed by atoms with Gasteiger partial charge in [-0.15, -0.1) is 0 Å². The fourth-order valence-corrected chi connectivity index (χ4v) is 3.58. The highest BCUT2D eigenvalue weighted by atomic mass is 16.2. The number of rotatable bonds is 6. The number of hydrogen-bond donors (Lipinski definition) is 3. The predicted molar refractivity (Wildman–Crippen MR) is 121 cm³/mol. The fraction of sp³-hybridized carbons (Fsp3) is 0.227. The third-order valence-corrected chi connectivity index (χ3v) is 5.52. The molecule has 4 heterocycles. The van der Waals surface area contributed by atoms with E-state index in [0.29, 0.717) is 34.4 Å². The molecule has 0 radical (unpaired) electrons. The molecule has 0 spiro atoms.